The molecule has 102 valence electrons. The highest BCUT2D eigenvalue weighted by Crippen LogP contribution is 2.32. The number of benzene rings is 1. The maximum atomic E-state index is 4.67. The maximum Gasteiger partial charge on any atom is 0.149 e. The summed E-state index contributed by atoms with van der Waals surface area (Å²) in [4.78, 5) is 12.1. The fourth-order valence-electron chi connectivity index (χ4n) is 2.42. The van der Waals surface area contributed by atoms with E-state index in [4.69, 9.17) is 0 Å². The zero-order chi connectivity index (χ0) is 14.1. The van der Waals surface area contributed by atoms with Crippen LogP contribution >= 0.6 is 11.3 Å². The molecule has 4 heteroatoms. The molecule has 1 aromatic carbocycles. The molecule has 0 atom stereocenters. The van der Waals surface area contributed by atoms with Crippen molar-refractivity contribution in [2.75, 3.05) is 0 Å². The van der Waals surface area contributed by atoms with Crippen molar-refractivity contribution < 1.29 is 0 Å². The van der Waals surface area contributed by atoms with E-state index < -0.39 is 0 Å². The average Bonchev–Trinajstić information content (AvgIpc) is 3.11. The standard InChI is InChI=1S/C17H13N3S/c1-2-5-12(6-3-1)9-14-11-19-16-15(14)21-17(20-16)13-7-4-8-18-10-13/h1-8,10-11,19H,9H2. The Hall–Kier alpha value is -2.46. The third-order valence-corrected chi connectivity index (χ3v) is 4.63. The number of thiazole rings is 1. The fraction of sp³-hybridized carbons (Fsp3) is 0.0588. The molecular formula is C17H13N3S. The lowest BCUT2D eigenvalue weighted by Gasteiger charge is -1.98. The largest absolute Gasteiger partial charge is 0.345 e. The first-order valence-corrected chi connectivity index (χ1v) is 7.63. The van der Waals surface area contributed by atoms with Crippen molar-refractivity contribution in [2.24, 2.45) is 0 Å². The summed E-state index contributed by atoms with van der Waals surface area (Å²) in [5.41, 5.74) is 4.64. The molecule has 0 unspecified atom stereocenters. The summed E-state index contributed by atoms with van der Waals surface area (Å²) < 4.78 is 1.23. The number of fused-ring (bicyclic) bond motifs is 1. The predicted octanol–water partition coefficient (Wildman–Crippen LogP) is 4.28. The van der Waals surface area contributed by atoms with E-state index in [-0.39, 0.29) is 0 Å². The fourth-order valence-corrected chi connectivity index (χ4v) is 3.45. The zero-order valence-electron chi connectivity index (χ0n) is 11.3. The van der Waals surface area contributed by atoms with Gasteiger partial charge in [0.1, 0.15) is 10.7 Å². The number of hydrogen-bond donors (Lipinski definition) is 1. The van der Waals surface area contributed by atoms with Crippen LogP contribution in [-0.4, -0.2) is 15.0 Å². The molecule has 0 spiro atoms. The highest BCUT2D eigenvalue weighted by molar-refractivity contribution is 7.21. The van der Waals surface area contributed by atoms with E-state index in [0.717, 1.165) is 22.6 Å². The van der Waals surface area contributed by atoms with Crippen molar-refractivity contribution in [1.29, 1.82) is 0 Å². The van der Waals surface area contributed by atoms with Crippen LogP contribution in [0.2, 0.25) is 0 Å². The van der Waals surface area contributed by atoms with Gasteiger partial charge in [0.2, 0.25) is 0 Å². The van der Waals surface area contributed by atoms with Crippen LogP contribution in [0.4, 0.5) is 0 Å². The molecule has 0 saturated carbocycles. The number of rotatable bonds is 3. The SMILES string of the molecule is c1ccc(Cc2c[nH]c3nc(-c4cccnc4)sc23)cc1. The summed E-state index contributed by atoms with van der Waals surface area (Å²) >= 11 is 1.72. The molecular weight excluding hydrogens is 278 g/mol. The lowest BCUT2D eigenvalue weighted by Crippen LogP contribution is -1.84. The Morgan fingerprint density at radius 1 is 1.05 bits per heavy atom. The molecule has 0 aliphatic heterocycles. The second-order valence-electron chi connectivity index (χ2n) is 4.91. The van der Waals surface area contributed by atoms with Gasteiger partial charge < -0.3 is 4.98 Å². The van der Waals surface area contributed by atoms with Crippen LogP contribution in [0, 0.1) is 0 Å². The highest BCUT2D eigenvalue weighted by Gasteiger charge is 2.12. The molecule has 3 aromatic heterocycles. The van der Waals surface area contributed by atoms with Gasteiger partial charge in [-0.1, -0.05) is 30.3 Å². The molecule has 1 N–H and O–H groups in total. The highest BCUT2D eigenvalue weighted by atomic mass is 32.1. The van der Waals surface area contributed by atoms with E-state index in [9.17, 15) is 0 Å². The molecule has 0 bridgehead atoms. The number of hydrogen-bond acceptors (Lipinski definition) is 3. The minimum absolute atomic E-state index is 0.926. The zero-order valence-corrected chi connectivity index (χ0v) is 12.1. The van der Waals surface area contributed by atoms with Gasteiger partial charge in [0.25, 0.3) is 0 Å². The molecule has 0 aliphatic carbocycles. The Morgan fingerprint density at radius 2 is 1.95 bits per heavy atom. The molecule has 0 fully saturated rings. The molecule has 3 heterocycles. The van der Waals surface area contributed by atoms with Crippen LogP contribution in [0.3, 0.4) is 0 Å². The Kier molecular flexibility index (Phi) is 3.01. The van der Waals surface area contributed by atoms with Gasteiger partial charge in [0, 0.05) is 30.6 Å². The number of nitrogens with zero attached hydrogens (tertiary/aromatic N) is 2. The minimum Gasteiger partial charge on any atom is -0.345 e. The molecule has 4 aromatic rings. The van der Waals surface area contributed by atoms with Gasteiger partial charge in [-0.2, -0.15) is 0 Å². The smallest absolute Gasteiger partial charge is 0.149 e. The van der Waals surface area contributed by atoms with Gasteiger partial charge in [-0.25, -0.2) is 4.98 Å². The summed E-state index contributed by atoms with van der Waals surface area (Å²) in [6.45, 7) is 0. The van der Waals surface area contributed by atoms with Gasteiger partial charge in [-0.05, 0) is 23.3 Å². The normalized spacial score (nSPS) is 11.0. The molecule has 0 saturated heterocycles. The summed E-state index contributed by atoms with van der Waals surface area (Å²) in [6.07, 6.45) is 6.63. The maximum absolute atomic E-state index is 4.67. The van der Waals surface area contributed by atoms with Gasteiger partial charge in [-0.3, -0.25) is 4.98 Å². The monoisotopic (exact) mass is 291 g/mol. The molecule has 0 amide bonds. The summed E-state index contributed by atoms with van der Waals surface area (Å²) in [5.74, 6) is 0. The van der Waals surface area contributed by atoms with Crippen molar-refractivity contribution in [3.63, 3.8) is 0 Å². The molecule has 0 radical (unpaired) electrons. The second kappa shape index (κ2) is 5.14. The second-order valence-corrected chi connectivity index (χ2v) is 5.91. The third kappa shape index (κ3) is 2.34. The van der Waals surface area contributed by atoms with E-state index in [2.05, 4.69) is 45.4 Å². The number of nitrogens with one attached hydrogen (secondary N) is 1. The van der Waals surface area contributed by atoms with Crippen LogP contribution in [0.5, 0.6) is 0 Å². The first-order valence-electron chi connectivity index (χ1n) is 6.81. The quantitative estimate of drug-likeness (QED) is 0.612. The van der Waals surface area contributed by atoms with Crippen LogP contribution in [-0.2, 0) is 6.42 Å². The Balaban J connectivity index is 1.73. The summed E-state index contributed by atoms with van der Waals surface area (Å²) in [7, 11) is 0. The summed E-state index contributed by atoms with van der Waals surface area (Å²) in [6, 6.07) is 14.5. The number of aromatic amines is 1. The Morgan fingerprint density at radius 3 is 2.76 bits per heavy atom. The first-order chi connectivity index (χ1) is 10.4. The lowest BCUT2D eigenvalue weighted by molar-refractivity contribution is 1.21. The van der Waals surface area contributed by atoms with Crippen LogP contribution in [0.25, 0.3) is 20.9 Å². The molecule has 21 heavy (non-hydrogen) atoms. The van der Waals surface area contributed by atoms with Gasteiger partial charge in [-0.15, -0.1) is 11.3 Å². The van der Waals surface area contributed by atoms with E-state index in [0.29, 0.717) is 0 Å². The van der Waals surface area contributed by atoms with E-state index in [1.165, 1.54) is 15.8 Å². The third-order valence-electron chi connectivity index (χ3n) is 3.45. The van der Waals surface area contributed by atoms with Crippen LogP contribution in [0.15, 0.2) is 61.1 Å². The predicted molar refractivity (Wildman–Crippen MR) is 86.4 cm³/mol. The first kappa shape index (κ1) is 12.3. The number of H-pyrrole nitrogens is 1. The van der Waals surface area contributed by atoms with Gasteiger partial charge >= 0.3 is 0 Å². The number of aromatic nitrogens is 3. The van der Waals surface area contributed by atoms with E-state index in [1.54, 1.807) is 17.5 Å². The van der Waals surface area contributed by atoms with Crippen molar-refractivity contribution >= 4 is 21.7 Å². The van der Waals surface area contributed by atoms with Crippen LogP contribution in [0.1, 0.15) is 11.1 Å². The minimum atomic E-state index is 0.926. The Bertz CT molecular complexity index is 863. The topological polar surface area (TPSA) is 41.6 Å². The molecule has 3 nitrogen and oxygen atoms in total. The van der Waals surface area contributed by atoms with Gasteiger partial charge in [0.05, 0.1) is 4.70 Å². The van der Waals surface area contributed by atoms with Crippen LogP contribution < -0.4 is 0 Å². The average molecular weight is 291 g/mol. The van der Waals surface area contributed by atoms with Crippen molar-refractivity contribution in [3.8, 4) is 10.6 Å². The van der Waals surface area contributed by atoms with Crippen molar-refractivity contribution in [1.82, 2.24) is 15.0 Å². The van der Waals surface area contributed by atoms with E-state index >= 15 is 0 Å². The molecule has 0 aliphatic rings. The van der Waals surface area contributed by atoms with Crippen molar-refractivity contribution in [3.05, 3.63) is 72.2 Å². The Labute approximate surface area is 126 Å². The number of pyridine rings is 1. The summed E-state index contributed by atoms with van der Waals surface area (Å²) in [5, 5.41) is 1.01. The lowest BCUT2D eigenvalue weighted by atomic mass is 10.1. The van der Waals surface area contributed by atoms with Crippen molar-refractivity contribution in [2.45, 2.75) is 6.42 Å². The van der Waals surface area contributed by atoms with Gasteiger partial charge in [0.15, 0.2) is 0 Å². The molecule has 4 rings (SSSR count). The van der Waals surface area contributed by atoms with E-state index in [1.807, 2.05) is 24.4 Å².